The van der Waals surface area contributed by atoms with Crippen molar-refractivity contribution in [1.82, 2.24) is 20.3 Å². The number of nitrogens with zero attached hydrogens (tertiary/aromatic N) is 5. The summed E-state index contributed by atoms with van der Waals surface area (Å²) in [5, 5.41) is 18.3. The van der Waals surface area contributed by atoms with E-state index in [0.29, 0.717) is 17.3 Å². The maximum Gasteiger partial charge on any atom is 0.136 e. The normalized spacial score (nSPS) is 15.3. The van der Waals surface area contributed by atoms with Crippen molar-refractivity contribution >= 4 is 40.6 Å². The molecule has 6 rings (SSSR count). The van der Waals surface area contributed by atoms with E-state index in [9.17, 15) is 5.26 Å². The van der Waals surface area contributed by atoms with Gasteiger partial charge in [-0.05, 0) is 66.1 Å². The van der Waals surface area contributed by atoms with Crippen molar-refractivity contribution < 1.29 is 0 Å². The number of benzene rings is 1. The van der Waals surface area contributed by atoms with Crippen LogP contribution in [0, 0.1) is 11.3 Å². The van der Waals surface area contributed by atoms with Crippen molar-refractivity contribution in [3.05, 3.63) is 72.1 Å². The van der Waals surface area contributed by atoms with Crippen LogP contribution in [-0.4, -0.2) is 41.1 Å². The Kier molecular flexibility index (Phi) is 6.49. The second kappa shape index (κ2) is 9.87. The Morgan fingerprint density at radius 2 is 1.77 bits per heavy atom. The highest BCUT2D eigenvalue weighted by molar-refractivity contribution is 5.95. The Morgan fingerprint density at radius 1 is 0.943 bits per heavy atom. The molecule has 0 atom stereocenters. The lowest BCUT2D eigenvalue weighted by Gasteiger charge is -2.29. The van der Waals surface area contributed by atoms with Gasteiger partial charge in [-0.15, -0.1) is 12.4 Å². The lowest BCUT2D eigenvalue weighted by Crippen LogP contribution is -2.43. The monoisotopic (exact) mass is 483 g/mol. The molecule has 35 heavy (non-hydrogen) atoms. The van der Waals surface area contributed by atoms with Gasteiger partial charge in [0.1, 0.15) is 17.5 Å². The minimum atomic E-state index is 0. The molecule has 1 aliphatic carbocycles. The fourth-order valence-corrected chi connectivity index (χ4v) is 4.56. The molecule has 2 fully saturated rings. The van der Waals surface area contributed by atoms with E-state index in [2.05, 4.69) is 63.0 Å². The molecule has 0 amide bonds. The smallest absolute Gasteiger partial charge is 0.136 e. The summed E-state index contributed by atoms with van der Waals surface area (Å²) >= 11 is 0. The quantitative estimate of drug-likeness (QED) is 0.412. The molecule has 8 heteroatoms. The molecule has 4 heterocycles. The van der Waals surface area contributed by atoms with Crippen molar-refractivity contribution in [2.75, 3.05) is 36.4 Å². The van der Waals surface area contributed by atoms with E-state index >= 15 is 0 Å². The number of pyridine rings is 3. The molecule has 1 saturated carbocycles. The van der Waals surface area contributed by atoms with E-state index in [1.807, 2.05) is 6.20 Å². The number of aromatic nitrogens is 3. The van der Waals surface area contributed by atoms with Crippen LogP contribution in [0.1, 0.15) is 29.9 Å². The van der Waals surface area contributed by atoms with Crippen LogP contribution in [0.2, 0.25) is 0 Å². The minimum Gasteiger partial charge on any atom is -0.354 e. The summed E-state index contributed by atoms with van der Waals surface area (Å²) in [6.07, 6.45) is 5.95. The lowest BCUT2D eigenvalue weighted by molar-refractivity contribution is 0.586. The van der Waals surface area contributed by atoms with Gasteiger partial charge in [-0.1, -0.05) is 12.1 Å². The molecule has 1 saturated heterocycles. The van der Waals surface area contributed by atoms with E-state index in [-0.39, 0.29) is 12.4 Å². The first kappa shape index (κ1) is 23.0. The molecule has 0 unspecified atom stereocenters. The molecule has 2 N–H and O–H groups in total. The van der Waals surface area contributed by atoms with Crippen LogP contribution in [0.3, 0.4) is 0 Å². The third kappa shape index (κ3) is 4.90. The highest BCUT2D eigenvalue weighted by atomic mass is 35.5. The third-order valence-electron chi connectivity index (χ3n) is 6.50. The fraction of sp³-hybridized carbons (Fsp3) is 0.259. The highest BCUT2D eigenvalue weighted by Crippen LogP contribution is 2.42. The Hall–Kier alpha value is -3.73. The molecular weight excluding hydrogens is 458 g/mol. The number of nitriles is 1. The van der Waals surface area contributed by atoms with E-state index < -0.39 is 0 Å². The van der Waals surface area contributed by atoms with Gasteiger partial charge in [-0.2, -0.15) is 5.26 Å². The van der Waals surface area contributed by atoms with Crippen LogP contribution >= 0.6 is 12.4 Å². The number of rotatable bonds is 5. The van der Waals surface area contributed by atoms with E-state index in [1.54, 1.807) is 18.3 Å². The molecule has 0 bridgehead atoms. The largest absolute Gasteiger partial charge is 0.354 e. The van der Waals surface area contributed by atoms with Gasteiger partial charge in [0.2, 0.25) is 0 Å². The number of anilines is 3. The first-order chi connectivity index (χ1) is 16.8. The molecular formula is C27H26ClN7. The SMILES string of the molecule is Cl.N#Cc1ccnc(Nc2cc(C3CC3)cc(-c3ccc4ccnc(N5CCNCC5)c4c3)n2)c1. The second-order valence-corrected chi connectivity index (χ2v) is 8.92. The molecule has 2 aliphatic rings. The molecule has 0 radical (unpaired) electrons. The van der Waals surface area contributed by atoms with Gasteiger partial charge in [-0.3, -0.25) is 0 Å². The van der Waals surface area contributed by atoms with Crippen molar-refractivity contribution in [1.29, 1.82) is 5.26 Å². The van der Waals surface area contributed by atoms with Crippen molar-refractivity contribution in [3.63, 3.8) is 0 Å². The van der Waals surface area contributed by atoms with E-state index in [1.165, 1.54) is 23.8 Å². The molecule has 0 spiro atoms. The molecule has 3 aromatic heterocycles. The Balaban J connectivity index is 0.00000253. The number of hydrogen-bond acceptors (Lipinski definition) is 7. The van der Waals surface area contributed by atoms with Gasteiger partial charge in [-0.25, -0.2) is 15.0 Å². The van der Waals surface area contributed by atoms with Gasteiger partial charge in [0.05, 0.1) is 17.3 Å². The second-order valence-electron chi connectivity index (χ2n) is 8.92. The Labute approximate surface area is 210 Å². The van der Waals surface area contributed by atoms with Crippen LogP contribution < -0.4 is 15.5 Å². The van der Waals surface area contributed by atoms with Crippen molar-refractivity contribution in [2.45, 2.75) is 18.8 Å². The van der Waals surface area contributed by atoms with Gasteiger partial charge in [0.15, 0.2) is 0 Å². The average Bonchev–Trinajstić information content (AvgIpc) is 3.74. The van der Waals surface area contributed by atoms with Crippen molar-refractivity contribution in [3.8, 4) is 17.3 Å². The van der Waals surface area contributed by atoms with Crippen molar-refractivity contribution in [2.24, 2.45) is 0 Å². The summed E-state index contributed by atoms with van der Waals surface area (Å²) in [6, 6.07) is 18.5. The van der Waals surface area contributed by atoms with E-state index in [4.69, 9.17) is 9.97 Å². The van der Waals surface area contributed by atoms with Gasteiger partial charge >= 0.3 is 0 Å². The van der Waals surface area contributed by atoms with Crippen LogP contribution in [0.4, 0.5) is 17.5 Å². The lowest BCUT2D eigenvalue weighted by atomic mass is 10.0. The zero-order valence-corrected chi connectivity index (χ0v) is 20.1. The van der Waals surface area contributed by atoms with Crippen LogP contribution in [0.25, 0.3) is 22.0 Å². The van der Waals surface area contributed by atoms with Crippen LogP contribution in [0.5, 0.6) is 0 Å². The first-order valence-electron chi connectivity index (χ1n) is 11.8. The van der Waals surface area contributed by atoms with Gasteiger partial charge in [0.25, 0.3) is 0 Å². The highest BCUT2D eigenvalue weighted by Gasteiger charge is 2.25. The summed E-state index contributed by atoms with van der Waals surface area (Å²) < 4.78 is 0. The minimum absolute atomic E-state index is 0. The molecule has 7 nitrogen and oxygen atoms in total. The Morgan fingerprint density at radius 3 is 2.57 bits per heavy atom. The van der Waals surface area contributed by atoms with Crippen LogP contribution in [-0.2, 0) is 0 Å². The average molecular weight is 484 g/mol. The maximum absolute atomic E-state index is 9.22. The standard InChI is InChI=1S/C27H25N7.ClH/c28-17-18-5-7-30-25(13-18)33-26-16-22(19-1-2-19)15-24(32-26)21-4-3-20-6-8-31-27(23(20)14-21)34-11-9-29-10-12-34;/h3-8,13-16,19,29H,1-2,9-12H2,(H,30,32,33);1H. The number of nitrogens with one attached hydrogen (secondary N) is 2. The maximum atomic E-state index is 9.22. The summed E-state index contributed by atoms with van der Waals surface area (Å²) in [7, 11) is 0. The summed E-state index contributed by atoms with van der Waals surface area (Å²) in [6.45, 7) is 3.85. The molecule has 4 aromatic rings. The zero-order chi connectivity index (χ0) is 22.9. The van der Waals surface area contributed by atoms with Gasteiger partial charge in [0, 0.05) is 49.5 Å². The third-order valence-corrected chi connectivity index (χ3v) is 6.50. The molecule has 1 aliphatic heterocycles. The Bertz CT molecular complexity index is 1400. The molecule has 176 valence electrons. The predicted molar refractivity (Wildman–Crippen MR) is 142 cm³/mol. The summed E-state index contributed by atoms with van der Waals surface area (Å²) in [5.41, 5.74) is 3.86. The van der Waals surface area contributed by atoms with Gasteiger partial charge < -0.3 is 15.5 Å². The zero-order valence-electron chi connectivity index (χ0n) is 19.2. The molecule has 1 aromatic carbocycles. The summed E-state index contributed by atoms with van der Waals surface area (Å²) in [4.78, 5) is 16.4. The number of hydrogen-bond donors (Lipinski definition) is 2. The van der Waals surface area contributed by atoms with E-state index in [0.717, 1.165) is 54.5 Å². The summed E-state index contributed by atoms with van der Waals surface area (Å²) in [5.74, 6) is 2.99. The first-order valence-corrected chi connectivity index (χ1v) is 11.8. The number of piperazine rings is 1. The van der Waals surface area contributed by atoms with Crippen LogP contribution in [0.15, 0.2) is 60.9 Å². The fourth-order valence-electron chi connectivity index (χ4n) is 4.56. The predicted octanol–water partition coefficient (Wildman–Crippen LogP) is 5.02. The number of halogens is 1. The number of fused-ring (bicyclic) bond motifs is 1. The topological polar surface area (TPSA) is 89.8 Å².